The molecule has 0 bridgehead atoms. The number of rotatable bonds is 7. The predicted octanol–water partition coefficient (Wildman–Crippen LogP) is 3.79. The van der Waals surface area contributed by atoms with Gasteiger partial charge in [0.2, 0.25) is 5.91 Å². The fourth-order valence-electron chi connectivity index (χ4n) is 2.90. The normalized spacial score (nSPS) is 12.4. The van der Waals surface area contributed by atoms with Crippen LogP contribution < -0.4 is 5.32 Å². The summed E-state index contributed by atoms with van der Waals surface area (Å²) < 4.78 is 0. The molecule has 5 nitrogen and oxygen atoms in total. The van der Waals surface area contributed by atoms with E-state index in [1.54, 1.807) is 6.20 Å². The minimum atomic E-state index is -0.108. The Kier molecular flexibility index (Phi) is 5.43. The highest BCUT2D eigenvalue weighted by Gasteiger charge is 2.19. The van der Waals surface area contributed by atoms with Crippen molar-refractivity contribution in [1.82, 2.24) is 20.3 Å². The van der Waals surface area contributed by atoms with Gasteiger partial charge in [-0.05, 0) is 43.0 Å². The van der Waals surface area contributed by atoms with Crippen LogP contribution in [0.5, 0.6) is 0 Å². The first-order valence-corrected chi connectivity index (χ1v) is 8.75. The Morgan fingerprint density at radius 2 is 1.96 bits per heavy atom. The van der Waals surface area contributed by atoms with Crippen LogP contribution >= 0.6 is 0 Å². The highest BCUT2D eigenvalue weighted by molar-refractivity contribution is 5.77. The molecule has 1 amide bonds. The number of aromatic amines is 1. The van der Waals surface area contributed by atoms with Crippen molar-refractivity contribution in [2.45, 2.75) is 39.2 Å². The summed E-state index contributed by atoms with van der Waals surface area (Å²) in [6.07, 6.45) is 3.66. The van der Waals surface area contributed by atoms with E-state index in [4.69, 9.17) is 0 Å². The molecule has 130 valence electrons. The van der Waals surface area contributed by atoms with E-state index in [1.807, 2.05) is 42.5 Å². The van der Waals surface area contributed by atoms with Gasteiger partial charge in [0.15, 0.2) is 0 Å². The molecule has 0 saturated carbocycles. The smallest absolute Gasteiger partial charge is 0.220 e. The number of nitrogens with one attached hydrogen (secondary N) is 2. The number of amides is 1. The standard InChI is InChI=1S/C20H24N4O/c1-14(2)13-18(20-23-16-8-3-4-9-17(16)24-20)22-19(25)11-10-15-7-5-6-12-21-15/h3-9,12,14,18H,10-11,13H2,1-2H3,(H,22,25)(H,23,24)/t18-/m1/s1. The summed E-state index contributed by atoms with van der Waals surface area (Å²) in [5.74, 6) is 1.30. The maximum Gasteiger partial charge on any atom is 0.220 e. The molecule has 0 aliphatic rings. The third-order valence-corrected chi connectivity index (χ3v) is 4.11. The molecule has 2 heterocycles. The van der Waals surface area contributed by atoms with Crippen LogP contribution in [0.2, 0.25) is 0 Å². The third kappa shape index (κ3) is 4.66. The van der Waals surface area contributed by atoms with Crippen LogP contribution in [0.3, 0.4) is 0 Å². The number of H-pyrrole nitrogens is 1. The summed E-state index contributed by atoms with van der Waals surface area (Å²) >= 11 is 0. The van der Waals surface area contributed by atoms with Crippen LogP contribution in [-0.4, -0.2) is 20.9 Å². The predicted molar refractivity (Wildman–Crippen MR) is 99.0 cm³/mol. The van der Waals surface area contributed by atoms with Crippen molar-refractivity contribution in [2.75, 3.05) is 0 Å². The Morgan fingerprint density at radius 3 is 2.68 bits per heavy atom. The zero-order valence-electron chi connectivity index (χ0n) is 14.7. The average molecular weight is 336 g/mol. The van der Waals surface area contributed by atoms with Crippen LogP contribution in [0, 0.1) is 5.92 Å². The largest absolute Gasteiger partial charge is 0.346 e. The third-order valence-electron chi connectivity index (χ3n) is 4.11. The van der Waals surface area contributed by atoms with Crippen LogP contribution in [0.25, 0.3) is 11.0 Å². The minimum Gasteiger partial charge on any atom is -0.346 e. The number of hydrogen-bond acceptors (Lipinski definition) is 3. The van der Waals surface area contributed by atoms with Crippen molar-refractivity contribution >= 4 is 16.9 Å². The summed E-state index contributed by atoms with van der Waals surface area (Å²) in [7, 11) is 0. The molecular weight excluding hydrogens is 312 g/mol. The minimum absolute atomic E-state index is 0.0248. The number of carbonyl (C=O) groups is 1. The van der Waals surface area contributed by atoms with Crippen molar-refractivity contribution in [3.05, 3.63) is 60.2 Å². The van der Waals surface area contributed by atoms with E-state index in [0.29, 0.717) is 18.8 Å². The second-order valence-corrected chi connectivity index (χ2v) is 6.71. The van der Waals surface area contributed by atoms with Crippen molar-refractivity contribution < 1.29 is 4.79 Å². The van der Waals surface area contributed by atoms with Crippen molar-refractivity contribution in [3.63, 3.8) is 0 Å². The monoisotopic (exact) mass is 336 g/mol. The van der Waals surface area contributed by atoms with Gasteiger partial charge in [0.1, 0.15) is 5.82 Å². The summed E-state index contributed by atoms with van der Waals surface area (Å²) in [6, 6.07) is 13.6. The molecule has 0 spiro atoms. The quantitative estimate of drug-likeness (QED) is 0.689. The molecule has 0 aliphatic heterocycles. The Hall–Kier alpha value is -2.69. The van der Waals surface area contributed by atoms with Gasteiger partial charge in [-0.3, -0.25) is 9.78 Å². The highest BCUT2D eigenvalue weighted by Crippen LogP contribution is 2.22. The highest BCUT2D eigenvalue weighted by atomic mass is 16.1. The second kappa shape index (κ2) is 7.92. The lowest BCUT2D eigenvalue weighted by molar-refractivity contribution is -0.122. The van der Waals surface area contributed by atoms with Crippen molar-refractivity contribution in [1.29, 1.82) is 0 Å². The lowest BCUT2D eigenvalue weighted by Gasteiger charge is -2.18. The molecule has 0 unspecified atom stereocenters. The molecule has 2 aromatic heterocycles. The Balaban J connectivity index is 1.68. The van der Waals surface area contributed by atoms with Gasteiger partial charge in [0.05, 0.1) is 17.1 Å². The van der Waals surface area contributed by atoms with Gasteiger partial charge < -0.3 is 10.3 Å². The summed E-state index contributed by atoms with van der Waals surface area (Å²) in [6.45, 7) is 4.30. The van der Waals surface area contributed by atoms with Crippen molar-refractivity contribution in [3.8, 4) is 0 Å². The van der Waals surface area contributed by atoms with Crippen LogP contribution in [-0.2, 0) is 11.2 Å². The number of imidazole rings is 1. The van der Waals surface area contributed by atoms with Gasteiger partial charge in [-0.1, -0.05) is 32.0 Å². The summed E-state index contributed by atoms with van der Waals surface area (Å²) in [5, 5.41) is 3.14. The number of carbonyl (C=O) groups excluding carboxylic acids is 1. The number of nitrogens with zero attached hydrogens (tertiary/aromatic N) is 2. The van der Waals surface area contributed by atoms with Gasteiger partial charge in [0, 0.05) is 18.3 Å². The maximum absolute atomic E-state index is 12.4. The van der Waals surface area contributed by atoms with Gasteiger partial charge >= 0.3 is 0 Å². The zero-order valence-corrected chi connectivity index (χ0v) is 14.7. The molecule has 0 saturated heterocycles. The SMILES string of the molecule is CC(C)C[C@@H](NC(=O)CCc1ccccn1)c1nc2ccccc2[nH]1. The first-order valence-electron chi connectivity index (χ1n) is 8.75. The van der Waals surface area contributed by atoms with E-state index in [9.17, 15) is 4.79 Å². The molecule has 1 atom stereocenters. The first-order chi connectivity index (χ1) is 12.1. The molecule has 0 radical (unpaired) electrons. The lowest BCUT2D eigenvalue weighted by Crippen LogP contribution is -2.30. The topological polar surface area (TPSA) is 70.7 Å². The number of fused-ring (bicyclic) bond motifs is 1. The maximum atomic E-state index is 12.4. The molecule has 0 aliphatic carbocycles. The number of hydrogen-bond donors (Lipinski definition) is 2. The fraction of sp³-hybridized carbons (Fsp3) is 0.350. The Bertz CT molecular complexity index is 793. The van der Waals surface area contributed by atoms with Crippen LogP contribution in [0.1, 0.15) is 44.2 Å². The molecule has 2 N–H and O–H groups in total. The summed E-state index contributed by atoms with van der Waals surface area (Å²) in [5.41, 5.74) is 2.85. The second-order valence-electron chi connectivity index (χ2n) is 6.71. The number of para-hydroxylation sites is 2. The van der Waals surface area contributed by atoms with E-state index in [0.717, 1.165) is 29.0 Å². The number of pyridine rings is 1. The van der Waals surface area contributed by atoms with E-state index in [2.05, 4.69) is 34.1 Å². The Morgan fingerprint density at radius 1 is 1.16 bits per heavy atom. The van der Waals surface area contributed by atoms with Gasteiger partial charge in [-0.15, -0.1) is 0 Å². The van der Waals surface area contributed by atoms with Crippen LogP contribution in [0.4, 0.5) is 0 Å². The lowest BCUT2D eigenvalue weighted by atomic mass is 10.0. The van der Waals surface area contributed by atoms with Gasteiger partial charge in [-0.2, -0.15) is 0 Å². The van der Waals surface area contributed by atoms with Gasteiger partial charge in [0.25, 0.3) is 0 Å². The number of aromatic nitrogens is 3. The fourth-order valence-corrected chi connectivity index (χ4v) is 2.90. The molecule has 5 heteroatoms. The van der Waals surface area contributed by atoms with Crippen molar-refractivity contribution in [2.24, 2.45) is 5.92 Å². The molecule has 0 fully saturated rings. The number of benzene rings is 1. The van der Waals surface area contributed by atoms with Crippen LogP contribution in [0.15, 0.2) is 48.7 Å². The zero-order chi connectivity index (χ0) is 17.6. The molecular formula is C20H24N4O. The van der Waals surface area contributed by atoms with Gasteiger partial charge in [-0.25, -0.2) is 4.98 Å². The van der Waals surface area contributed by atoms with E-state index >= 15 is 0 Å². The molecule has 3 aromatic rings. The molecule has 1 aromatic carbocycles. The molecule has 25 heavy (non-hydrogen) atoms. The molecule has 3 rings (SSSR count). The average Bonchev–Trinajstić information content (AvgIpc) is 3.04. The summed E-state index contributed by atoms with van der Waals surface area (Å²) in [4.78, 5) is 24.7. The van der Waals surface area contributed by atoms with E-state index in [1.165, 1.54) is 0 Å². The van der Waals surface area contributed by atoms with E-state index < -0.39 is 0 Å². The van der Waals surface area contributed by atoms with E-state index in [-0.39, 0.29) is 11.9 Å². The number of aryl methyl sites for hydroxylation is 1. The first kappa shape index (κ1) is 17.1. The Labute approximate surface area is 147 Å².